The molecule has 2 N–H and O–H groups in total. The molecule has 0 radical (unpaired) electrons. The molecule has 2 unspecified atom stereocenters. The summed E-state index contributed by atoms with van der Waals surface area (Å²) in [6.45, 7) is 3.95. The highest BCUT2D eigenvalue weighted by atomic mass is 16.5. The molecule has 0 spiro atoms. The standard InChI is InChI=1S/C8H16O4/c1-3-4-12-7(6(2)9)5-8(10)11/h6-7,9H,3-5H2,1-2H3,(H,10,11). The molecule has 0 saturated heterocycles. The van der Waals surface area contributed by atoms with E-state index in [1.165, 1.54) is 6.92 Å². The number of hydrogen-bond donors (Lipinski definition) is 2. The lowest BCUT2D eigenvalue weighted by atomic mass is 10.1. The lowest BCUT2D eigenvalue weighted by molar-refractivity contribution is -0.142. The van der Waals surface area contributed by atoms with Gasteiger partial charge in [0, 0.05) is 6.61 Å². The van der Waals surface area contributed by atoms with Crippen LogP contribution < -0.4 is 0 Å². The Morgan fingerprint density at radius 2 is 2.17 bits per heavy atom. The fourth-order valence-electron chi connectivity index (χ4n) is 0.810. The van der Waals surface area contributed by atoms with Crippen molar-refractivity contribution in [1.82, 2.24) is 0 Å². The molecule has 0 saturated carbocycles. The summed E-state index contributed by atoms with van der Waals surface area (Å²) in [7, 11) is 0. The number of aliphatic hydroxyl groups is 1. The van der Waals surface area contributed by atoms with E-state index in [0.717, 1.165) is 6.42 Å². The SMILES string of the molecule is CCCOC(CC(=O)O)C(C)O. The van der Waals surface area contributed by atoms with Crippen LogP contribution in [-0.4, -0.2) is 35.0 Å². The highest BCUT2D eigenvalue weighted by Gasteiger charge is 2.18. The molecular formula is C8H16O4. The van der Waals surface area contributed by atoms with E-state index in [0.29, 0.717) is 6.61 Å². The summed E-state index contributed by atoms with van der Waals surface area (Å²) in [5.74, 6) is -0.947. The van der Waals surface area contributed by atoms with Crippen LogP contribution in [0, 0.1) is 0 Å². The van der Waals surface area contributed by atoms with Crippen LogP contribution in [0.5, 0.6) is 0 Å². The molecule has 0 heterocycles. The number of ether oxygens (including phenoxy) is 1. The van der Waals surface area contributed by atoms with E-state index >= 15 is 0 Å². The Balaban J connectivity index is 3.78. The van der Waals surface area contributed by atoms with Crippen molar-refractivity contribution in [2.75, 3.05) is 6.61 Å². The van der Waals surface area contributed by atoms with Gasteiger partial charge in [0.2, 0.25) is 0 Å². The zero-order valence-corrected chi connectivity index (χ0v) is 7.49. The number of carbonyl (C=O) groups is 1. The Hall–Kier alpha value is -0.610. The van der Waals surface area contributed by atoms with Crippen LogP contribution in [-0.2, 0) is 9.53 Å². The molecule has 12 heavy (non-hydrogen) atoms. The topological polar surface area (TPSA) is 66.8 Å². The Morgan fingerprint density at radius 1 is 1.58 bits per heavy atom. The molecule has 4 nitrogen and oxygen atoms in total. The first-order valence-corrected chi connectivity index (χ1v) is 4.09. The number of carboxylic acid groups (broad SMARTS) is 1. The van der Waals surface area contributed by atoms with Gasteiger partial charge in [0.1, 0.15) is 0 Å². The van der Waals surface area contributed by atoms with Gasteiger partial charge < -0.3 is 14.9 Å². The largest absolute Gasteiger partial charge is 0.481 e. The van der Waals surface area contributed by atoms with Gasteiger partial charge in [0.15, 0.2) is 0 Å². The average Bonchev–Trinajstić information content (AvgIpc) is 1.96. The van der Waals surface area contributed by atoms with Crippen LogP contribution in [0.4, 0.5) is 0 Å². The molecule has 0 aliphatic rings. The van der Waals surface area contributed by atoms with Gasteiger partial charge in [-0.3, -0.25) is 4.79 Å². The molecule has 0 amide bonds. The van der Waals surface area contributed by atoms with E-state index in [1.807, 2.05) is 6.92 Å². The molecule has 0 rings (SSSR count). The maximum atomic E-state index is 10.3. The molecule has 72 valence electrons. The average molecular weight is 176 g/mol. The van der Waals surface area contributed by atoms with Gasteiger partial charge in [0.05, 0.1) is 18.6 Å². The second-order valence-corrected chi connectivity index (χ2v) is 2.75. The van der Waals surface area contributed by atoms with Crippen molar-refractivity contribution in [3.05, 3.63) is 0 Å². The van der Waals surface area contributed by atoms with Gasteiger partial charge in [-0.05, 0) is 13.3 Å². The molecule has 0 fully saturated rings. The van der Waals surface area contributed by atoms with Gasteiger partial charge in [0.25, 0.3) is 0 Å². The third kappa shape index (κ3) is 5.09. The second-order valence-electron chi connectivity index (χ2n) is 2.75. The van der Waals surface area contributed by atoms with Crippen molar-refractivity contribution < 1.29 is 19.7 Å². The van der Waals surface area contributed by atoms with Gasteiger partial charge in [-0.2, -0.15) is 0 Å². The summed E-state index contributed by atoms with van der Waals surface area (Å²) in [5.41, 5.74) is 0. The molecule has 0 aromatic carbocycles. The Kier molecular flexibility index (Phi) is 5.66. The first-order valence-electron chi connectivity index (χ1n) is 4.09. The summed E-state index contributed by atoms with van der Waals surface area (Å²) in [4.78, 5) is 10.3. The predicted octanol–water partition coefficient (Wildman–Crippen LogP) is 0.637. The zero-order valence-electron chi connectivity index (χ0n) is 7.49. The quantitative estimate of drug-likeness (QED) is 0.623. The number of aliphatic carboxylic acids is 1. The van der Waals surface area contributed by atoms with Crippen LogP contribution in [0.15, 0.2) is 0 Å². The van der Waals surface area contributed by atoms with E-state index in [1.54, 1.807) is 0 Å². The minimum Gasteiger partial charge on any atom is -0.481 e. The van der Waals surface area contributed by atoms with E-state index in [-0.39, 0.29) is 6.42 Å². The van der Waals surface area contributed by atoms with E-state index in [9.17, 15) is 4.79 Å². The highest BCUT2D eigenvalue weighted by molar-refractivity contribution is 5.67. The molecule has 0 aromatic heterocycles. The third-order valence-electron chi connectivity index (χ3n) is 1.45. The Bertz CT molecular complexity index is 133. The Labute approximate surface area is 72.2 Å². The van der Waals surface area contributed by atoms with Crippen molar-refractivity contribution in [1.29, 1.82) is 0 Å². The van der Waals surface area contributed by atoms with Crippen LogP contribution in [0.2, 0.25) is 0 Å². The van der Waals surface area contributed by atoms with Crippen molar-refractivity contribution in [3.8, 4) is 0 Å². The third-order valence-corrected chi connectivity index (χ3v) is 1.45. The van der Waals surface area contributed by atoms with Crippen molar-refractivity contribution >= 4 is 5.97 Å². The minimum atomic E-state index is -0.947. The van der Waals surface area contributed by atoms with Crippen molar-refractivity contribution in [2.45, 2.75) is 38.9 Å². The van der Waals surface area contributed by atoms with E-state index < -0.39 is 18.2 Å². The fraction of sp³-hybridized carbons (Fsp3) is 0.875. The molecule has 0 bridgehead atoms. The lowest BCUT2D eigenvalue weighted by Crippen LogP contribution is -2.29. The van der Waals surface area contributed by atoms with Gasteiger partial charge in [-0.1, -0.05) is 6.92 Å². The summed E-state index contributed by atoms with van der Waals surface area (Å²) in [6.07, 6.45) is -0.629. The molecule has 0 aliphatic heterocycles. The molecular weight excluding hydrogens is 160 g/mol. The predicted molar refractivity (Wildman–Crippen MR) is 44.0 cm³/mol. The van der Waals surface area contributed by atoms with Crippen molar-refractivity contribution in [2.24, 2.45) is 0 Å². The molecule has 0 aromatic rings. The second kappa shape index (κ2) is 5.97. The van der Waals surface area contributed by atoms with Crippen LogP contribution in [0.3, 0.4) is 0 Å². The van der Waals surface area contributed by atoms with E-state index in [2.05, 4.69) is 0 Å². The Morgan fingerprint density at radius 3 is 2.50 bits per heavy atom. The maximum Gasteiger partial charge on any atom is 0.306 e. The number of hydrogen-bond acceptors (Lipinski definition) is 3. The maximum absolute atomic E-state index is 10.3. The highest BCUT2D eigenvalue weighted by Crippen LogP contribution is 2.04. The van der Waals surface area contributed by atoms with E-state index in [4.69, 9.17) is 14.9 Å². The number of carboxylic acids is 1. The van der Waals surface area contributed by atoms with Gasteiger partial charge in [-0.25, -0.2) is 0 Å². The normalized spacial score (nSPS) is 15.6. The zero-order chi connectivity index (χ0) is 9.56. The smallest absolute Gasteiger partial charge is 0.306 e. The monoisotopic (exact) mass is 176 g/mol. The first-order chi connectivity index (χ1) is 5.57. The van der Waals surface area contributed by atoms with Crippen LogP contribution >= 0.6 is 0 Å². The number of aliphatic hydroxyl groups excluding tert-OH is 1. The lowest BCUT2D eigenvalue weighted by Gasteiger charge is -2.17. The van der Waals surface area contributed by atoms with Crippen molar-refractivity contribution in [3.63, 3.8) is 0 Å². The fourth-order valence-corrected chi connectivity index (χ4v) is 0.810. The summed E-state index contributed by atoms with van der Waals surface area (Å²) >= 11 is 0. The van der Waals surface area contributed by atoms with Gasteiger partial charge in [-0.15, -0.1) is 0 Å². The van der Waals surface area contributed by atoms with Gasteiger partial charge >= 0.3 is 5.97 Å². The molecule has 2 atom stereocenters. The molecule has 0 aliphatic carbocycles. The number of rotatable bonds is 6. The molecule has 4 heteroatoms. The summed E-state index contributed by atoms with van der Waals surface area (Å²) < 4.78 is 5.13. The summed E-state index contributed by atoms with van der Waals surface area (Å²) in [6, 6.07) is 0. The van der Waals surface area contributed by atoms with Crippen LogP contribution in [0.1, 0.15) is 26.7 Å². The summed E-state index contributed by atoms with van der Waals surface area (Å²) in [5, 5.41) is 17.5. The minimum absolute atomic E-state index is 0.141. The first kappa shape index (κ1) is 11.4. The van der Waals surface area contributed by atoms with Crippen LogP contribution in [0.25, 0.3) is 0 Å².